The molecule has 3 rings (SSSR count). The molecule has 37 heavy (non-hydrogen) atoms. The molecule has 13 heteroatoms. The fraction of sp³-hybridized carbons (Fsp3) is 0.417. The van der Waals surface area contributed by atoms with Gasteiger partial charge in [0.25, 0.3) is 0 Å². The summed E-state index contributed by atoms with van der Waals surface area (Å²) in [6.45, 7) is 4.97. The SMILES string of the molecule is CC(C)(C)OC(=O)NCCN1C(=O)[C@@H](n2ccc(NC(=O)OCc3ccccc3)nc2=O)C[C@H]1C(=O)O. The Hall–Kier alpha value is -4.42. The van der Waals surface area contributed by atoms with E-state index in [9.17, 15) is 29.1 Å². The maximum Gasteiger partial charge on any atom is 0.413 e. The van der Waals surface area contributed by atoms with Crippen LogP contribution in [0, 0.1) is 0 Å². The van der Waals surface area contributed by atoms with E-state index >= 15 is 0 Å². The number of hydrogen-bond acceptors (Lipinski definition) is 8. The molecule has 0 spiro atoms. The summed E-state index contributed by atoms with van der Waals surface area (Å²) in [6.07, 6.45) is -0.436. The maximum atomic E-state index is 13.0. The van der Waals surface area contributed by atoms with Crippen LogP contribution in [0.2, 0.25) is 0 Å². The fourth-order valence-corrected chi connectivity index (χ4v) is 3.69. The molecule has 0 radical (unpaired) electrons. The molecule has 1 aromatic carbocycles. The van der Waals surface area contributed by atoms with E-state index < -0.39 is 47.4 Å². The number of carboxylic acids is 1. The molecule has 1 aliphatic rings. The van der Waals surface area contributed by atoms with E-state index in [0.29, 0.717) is 0 Å². The average Bonchev–Trinajstić information content (AvgIpc) is 3.14. The third-order valence-electron chi connectivity index (χ3n) is 5.31. The first-order valence-corrected chi connectivity index (χ1v) is 11.5. The molecule has 2 atom stereocenters. The predicted molar refractivity (Wildman–Crippen MR) is 130 cm³/mol. The zero-order chi connectivity index (χ0) is 27.2. The summed E-state index contributed by atoms with van der Waals surface area (Å²) in [7, 11) is 0. The third kappa shape index (κ3) is 7.53. The van der Waals surface area contributed by atoms with Gasteiger partial charge in [-0.15, -0.1) is 0 Å². The number of carbonyl (C=O) groups excluding carboxylic acids is 3. The first-order valence-electron chi connectivity index (χ1n) is 11.5. The highest BCUT2D eigenvalue weighted by Gasteiger charge is 2.44. The van der Waals surface area contributed by atoms with Crippen LogP contribution >= 0.6 is 0 Å². The van der Waals surface area contributed by atoms with Crippen LogP contribution in [0.15, 0.2) is 47.4 Å². The van der Waals surface area contributed by atoms with E-state index in [1.807, 2.05) is 6.07 Å². The van der Waals surface area contributed by atoms with E-state index in [-0.39, 0.29) is 31.9 Å². The Balaban J connectivity index is 1.62. The number of alkyl carbamates (subject to hydrolysis) is 1. The number of carboxylic acid groups (broad SMARTS) is 1. The van der Waals surface area contributed by atoms with Gasteiger partial charge < -0.3 is 24.8 Å². The van der Waals surface area contributed by atoms with Gasteiger partial charge in [0.05, 0.1) is 0 Å². The van der Waals surface area contributed by atoms with Gasteiger partial charge in [0.1, 0.15) is 30.1 Å². The van der Waals surface area contributed by atoms with Crippen LogP contribution in [-0.2, 0) is 25.7 Å². The lowest BCUT2D eigenvalue weighted by Crippen LogP contribution is -2.44. The number of rotatable bonds is 8. The van der Waals surface area contributed by atoms with Crippen LogP contribution in [0.25, 0.3) is 0 Å². The number of carbonyl (C=O) groups is 4. The standard InChI is InChI=1S/C24H29N5O8/c1-24(2,3)37-22(34)25-10-12-28-17(20(31)32)13-16(19(28)30)29-11-9-18(26-21(29)33)27-23(35)36-14-15-7-5-4-6-8-15/h4-9,11,16-17H,10,12-14H2,1-3H3,(H,25,34)(H,31,32)(H,26,27,33,35)/t16-,17-/m0/s1. The van der Waals surface area contributed by atoms with Crippen molar-refractivity contribution in [2.45, 2.75) is 51.5 Å². The zero-order valence-electron chi connectivity index (χ0n) is 20.7. The second-order valence-corrected chi connectivity index (χ2v) is 9.26. The van der Waals surface area contributed by atoms with Crippen molar-refractivity contribution in [2.24, 2.45) is 0 Å². The van der Waals surface area contributed by atoms with Crippen molar-refractivity contribution in [3.05, 3.63) is 58.6 Å². The van der Waals surface area contributed by atoms with Crippen LogP contribution in [0.1, 0.15) is 38.8 Å². The highest BCUT2D eigenvalue weighted by atomic mass is 16.6. The smallest absolute Gasteiger partial charge is 0.413 e. The van der Waals surface area contributed by atoms with Crippen LogP contribution in [-0.4, -0.2) is 68.4 Å². The number of nitrogens with zero attached hydrogens (tertiary/aromatic N) is 3. The molecule has 2 aromatic rings. The first kappa shape index (κ1) is 27.2. The van der Waals surface area contributed by atoms with Gasteiger partial charge in [-0.25, -0.2) is 19.2 Å². The van der Waals surface area contributed by atoms with Gasteiger partial charge in [-0.3, -0.25) is 14.7 Å². The molecule has 0 saturated carbocycles. The van der Waals surface area contributed by atoms with E-state index in [1.165, 1.54) is 12.3 Å². The van der Waals surface area contributed by atoms with Crippen molar-refractivity contribution in [2.75, 3.05) is 18.4 Å². The Kier molecular flexibility index (Phi) is 8.48. The third-order valence-corrected chi connectivity index (χ3v) is 5.31. The molecule has 2 heterocycles. The Morgan fingerprint density at radius 2 is 1.81 bits per heavy atom. The Labute approximate surface area is 212 Å². The minimum absolute atomic E-state index is 0.0233. The number of amides is 3. The van der Waals surface area contributed by atoms with Crippen molar-refractivity contribution in [1.82, 2.24) is 19.8 Å². The highest BCUT2D eigenvalue weighted by Crippen LogP contribution is 2.28. The Morgan fingerprint density at radius 3 is 2.43 bits per heavy atom. The van der Waals surface area contributed by atoms with Gasteiger partial charge in [0.2, 0.25) is 5.91 Å². The Morgan fingerprint density at radius 1 is 1.11 bits per heavy atom. The van der Waals surface area contributed by atoms with E-state index in [0.717, 1.165) is 15.0 Å². The molecule has 198 valence electrons. The normalized spacial score (nSPS) is 17.3. The second kappa shape index (κ2) is 11.5. The summed E-state index contributed by atoms with van der Waals surface area (Å²) in [5.74, 6) is -1.93. The maximum absolute atomic E-state index is 13.0. The van der Waals surface area contributed by atoms with Gasteiger partial charge in [-0.2, -0.15) is 4.98 Å². The molecule has 1 saturated heterocycles. The lowest BCUT2D eigenvalue weighted by atomic mass is 10.1. The number of likely N-dealkylation sites (tertiary alicyclic amines) is 1. The van der Waals surface area contributed by atoms with E-state index in [1.54, 1.807) is 45.0 Å². The van der Waals surface area contributed by atoms with Crippen molar-refractivity contribution in [3.8, 4) is 0 Å². The number of nitrogens with one attached hydrogen (secondary N) is 2. The monoisotopic (exact) mass is 515 g/mol. The number of hydrogen-bond donors (Lipinski definition) is 3. The fourth-order valence-electron chi connectivity index (χ4n) is 3.69. The van der Waals surface area contributed by atoms with Crippen molar-refractivity contribution < 1.29 is 33.8 Å². The molecule has 0 bridgehead atoms. The summed E-state index contributed by atoms with van der Waals surface area (Å²) in [5.41, 5.74) is -0.785. The summed E-state index contributed by atoms with van der Waals surface area (Å²) < 4.78 is 11.2. The molecular weight excluding hydrogens is 486 g/mol. The molecule has 0 unspecified atom stereocenters. The lowest BCUT2D eigenvalue weighted by molar-refractivity contribution is -0.146. The average molecular weight is 516 g/mol. The number of aromatic nitrogens is 2. The highest BCUT2D eigenvalue weighted by molar-refractivity contribution is 5.90. The molecule has 13 nitrogen and oxygen atoms in total. The van der Waals surface area contributed by atoms with Crippen molar-refractivity contribution in [3.63, 3.8) is 0 Å². The van der Waals surface area contributed by atoms with E-state index in [2.05, 4.69) is 15.6 Å². The minimum atomic E-state index is -1.24. The topological polar surface area (TPSA) is 169 Å². The van der Waals surface area contributed by atoms with E-state index in [4.69, 9.17) is 9.47 Å². The van der Waals surface area contributed by atoms with Gasteiger partial charge >= 0.3 is 23.8 Å². The molecular formula is C24H29N5O8. The van der Waals surface area contributed by atoms with Gasteiger partial charge in [-0.1, -0.05) is 30.3 Å². The summed E-state index contributed by atoms with van der Waals surface area (Å²) in [4.78, 5) is 66.1. The molecule has 1 aromatic heterocycles. The van der Waals surface area contributed by atoms with Crippen molar-refractivity contribution in [1.29, 1.82) is 0 Å². The molecule has 1 aliphatic heterocycles. The molecule has 0 aliphatic carbocycles. The number of benzene rings is 1. The quantitative estimate of drug-likeness (QED) is 0.474. The van der Waals surface area contributed by atoms with Crippen LogP contribution in [0.4, 0.5) is 15.4 Å². The van der Waals surface area contributed by atoms with Gasteiger partial charge in [-0.05, 0) is 32.4 Å². The largest absolute Gasteiger partial charge is 0.480 e. The summed E-state index contributed by atoms with van der Waals surface area (Å²) >= 11 is 0. The number of aliphatic carboxylic acids is 1. The summed E-state index contributed by atoms with van der Waals surface area (Å²) in [5, 5.41) is 14.4. The van der Waals surface area contributed by atoms with Crippen LogP contribution < -0.4 is 16.3 Å². The number of anilines is 1. The molecule has 3 amide bonds. The van der Waals surface area contributed by atoms with Crippen LogP contribution in [0.3, 0.4) is 0 Å². The summed E-state index contributed by atoms with van der Waals surface area (Å²) in [6, 6.07) is 8.00. The zero-order valence-corrected chi connectivity index (χ0v) is 20.7. The lowest BCUT2D eigenvalue weighted by Gasteiger charge is -2.23. The Bertz CT molecular complexity index is 1210. The second-order valence-electron chi connectivity index (χ2n) is 9.26. The first-order chi connectivity index (χ1) is 17.4. The predicted octanol–water partition coefficient (Wildman–Crippen LogP) is 1.74. The van der Waals surface area contributed by atoms with Gasteiger partial charge in [0, 0.05) is 25.7 Å². The minimum Gasteiger partial charge on any atom is -0.480 e. The number of ether oxygens (including phenoxy) is 2. The molecule has 3 N–H and O–H groups in total. The van der Waals surface area contributed by atoms with Crippen molar-refractivity contribution >= 4 is 29.9 Å². The van der Waals surface area contributed by atoms with Crippen LogP contribution in [0.5, 0.6) is 0 Å². The molecule has 1 fully saturated rings. The van der Waals surface area contributed by atoms with Gasteiger partial charge in [0.15, 0.2) is 0 Å².